The van der Waals surface area contributed by atoms with Crippen LogP contribution in [0.1, 0.15) is 39.0 Å². The van der Waals surface area contributed by atoms with Crippen molar-refractivity contribution in [3.63, 3.8) is 0 Å². The van der Waals surface area contributed by atoms with Gasteiger partial charge in [-0.05, 0) is 38.6 Å². The molecule has 0 aromatic rings. The van der Waals surface area contributed by atoms with Crippen LogP contribution >= 0.6 is 0 Å². The Morgan fingerprint density at radius 1 is 1.00 bits per heavy atom. The third kappa shape index (κ3) is 7.69. The van der Waals surface area contributed by atoms with Crippen molar-refractivity contribution >= 4 is 13.4 Å². The van der Waals surface area contributed by atoms with E-state index in [4.69, 9.17) is 0 Å². The van der Waals surface area contributed by atoms with Crippen LogP contribution in [0.4, 0.5) is 0 Å². The van der Waals surface area contributed by atoms with Crippen LogP contribution in [-0.4, -0.2) is 26.5 Å². The summed E-state index contributed by atoms with van der Waals surface area (Å²) in [6, 6.07) is 0. The maximum atomic E-state index is 3.90. The van der Waals surface area contributed by atoms with Crippen molar-refractivity contribution in [3.8, 4) is 0 Å². The van der Waals surface area contributed by atoms with Gasteiger partial charge in [-0.1, -0.05) is 19.8 Å². The minimum Gasteiger partial charge on any atom is -0.301 e. The largest absolute Gasteiger partial charge is 0.301 e. The van der Waals surface area contributed by atoms with Gasteiger partial charge in [-0.2, -0.15) is 0 Å². The fraction of sp³-hybridized carbons (Fsp3) is 0.818. The van der Waals surface area contributed by atoms with Crippen molar-refractivity contribution in [2.75, 3.05) is 13.1 Å². The van der Waals surface area contributed by atoms with Crippen molar-refractivity contribution in [3.05, 3.63) is 0 Å². The second kappa shape index (κ2) is 9.43. The average molecular weight is 182 g/mol. The molecule has 0 aromatic carbocycles. The van der Waals surface area contributed by atoms with Crippen LogP contribution < -0.4 is 0 Å². The van der Waals surface area contributed by atoms with Gasteiger partial charge in [0.2, 0.25) is 0 Å². The molecule has 1 atom stereocenters. The summed E-state index contributed by atoms with van der Waals surface area (Å²) in [4.78, 5) is 7.76. The van der Waals surface area contributed by atoms with Gasteiger partial charge in [0.25, 0.3) is 0 Å². The normalized spacial score (nSPS) is 12.4. The fourth-order valence-corrected chi connectivity index (χ4v) is 1.61. The SMILES string of the molecule is C=NCCCC(CCC)CCN=C. The standard InChI is InChI=1S/C11H22N2/c1-4-6-11(8-10-13-3)7-5-9-12-2/h11H,2-10H2,1H3. The Morgan fingerprint density at radius 3 is 2.23 bits per heavy atom. The van der Waals surface area contributed by atoms with Crippen molar-refractivity contribution < 1.29 is 0 Å². The zero-order valence-electron chi connectivity index (χ0n) is 8.84. The molecular weight excluding hydrogens is 160 g/mol. The van der Waals surface area contributed by atoms with Gasteiger partial charge in [-0.3, -0.25) is 0 Å². The first-order chi connectivity index (χ1) is 6.35. The summed E-state index contributed by atoms with van der Waals surface area (Å²) < 4.78 is 0. The van der Waals surface area contributed by atoms with Gasteiger partial charge in [-0.15, -0.1) is 0 Å². The summed E-state index contributed by atoms with van der Waals surface area (Å²) in [6.45, 7) is 11.0. The highest BCUT2D eigenvalue weighted by Crippen LogP contribution is 2.17. The quantitative estimate of drug-likeness (QED) is 0.387. The van der Waals surface area contributed by atoms with E-state index in [9.17, 15) is 0 Å². The molecule has 0 rings (SSSR count). The Morgan fingerprint density at radius 2 is 1.69 bits per heavy atom. The molecule has 2 nitrogen and oxygen atoms in total. The molecule has 0 saturated heterocycles. The van der Waals surface area contributed by atoms with Crippen molar-refractivity contribution in [1.29, 1.82) is 0 Å². The average Bonchev–Trinajstić information content (AvgIpc) is 2.14. The zero-order chi connectivity index (χ0) is 9.94. The van der Waals surface area contributed by atoms with Crippen LogP contribution in [0.5, 0.6) is 0 Å². The van der Waals surface area contributed by atoms with E-state index in [0.29, 0.717) is 0 Å². The minimum atomic E-state index is 0.817. The first-order valence-electron chi connectivity index (χ1n) is 5.20. The number of hydrogen-bond acceptors (Lipinski definition) is 2. The van der Waals surface area contributed by atoms with E-state index < -0.39 is 0 Å². The van der Waals surface area contributed by atoms with Crippen LogP contribution in [0, 0.1) is 5.92 Å². The molecule has 0 spiro atoms. The van der Waals surface area contributed by atoms with Crippen molar-refractivity contribution in [1.82, 2.24) is 0 Å². The van der Waals surface area contributed by atoms with E-state index >= 15 is 0 Å². The number of hydrogen-bond donors (Lipinski definition) is 0. The van der Waals surface area contributed by atoms with E-state index in [1.807, 2.05) is 0 Å². The highest BCUT2D eigenvalue weighted by molar-refractivity contribution is 5.23. The van der Waals surface area contributed by atoms with Crippen molar-refractivity contribution in [2.24, 2.45) is 15.9 Å². The van der Waals surface area contributed by atoms with Crippen LogP contribution in [0.25, 0.3) is 0 Å². The first kappa shape index (κ1) is 12.3. The summed E-state index contributed by atoms with van der Waals surface area (Å²) in [5.74, 6) is 0.817. The molecule has 0 radical (unpaired) electrons. The summed E-state index contributed by atoms with van der Waals surface area (Å²) >= 11 is 0. The molecule has 0 fully saturated rings. The molecule has 76 valence electrons. The zero-order valence-corrected chi connectivity index (χ0v) is 8.84. The van der Waals surface area contributed by atoms with Gasteiger partial charge in [0.1, 0.15) is 0 Å². The molecule has 0 bridgehead atoms. The van der Waals surface area contributed by atoms with Crippen LogP contribution in [-0.2, 0) is 0 Å². The van der Waals surface area contributed by atoms with E-state index in [2.05, 4.69) is 30.3 Å². The van der Waals surface area contributed by atoms with E-state index in [-0.39, 0.29) is 0 Å². The molecular formula is C11H22N2. The second-order valence-electron chi connectivity index (χ2n) is 3.48. The number of rotatable bonds is 9. The monoisotopic (exact) mass is 182 g/mol. The summed E-state index contributed by atoms with van der Waals surface area (Å²) in [5, 5.41) is 0. The Balaban J connectivity index is 3.52. The highest BCUT2D eigenvalue weighted by Gasteiger charge is 2.05. The highest BCUT2D eigenvalue weighted by atomic mass is 14.7. The van der Waals surface area contributed by atoms with Crippen LogP contribution in [0.3, 0.4) is 0 Å². The molecule has 2 heteroatoms. The lowest BCUT2D eigenvalue weighted by atomic mass is 9.94. The van der Waals surface area contributed by atoms with Gasteiger partial charge in [0, 0.05) is 13.1 Å². The van der Waals surface area contributed by atoms with Crippen molar-refractivity contribution in [2.45, 2.75) is 39.0 Å². The molecule has 13 heavy (non-hydrogen) atoms. The first-order valence-corrected chi connectivity index (χ1v) is 5.20. The van der Waals surface area contributed by atoms with Gasteiger partial charge >= 0.3 is 0 Å². The Bertz CT molecular complexity index is 132. The molecule has 0 saturated carbocycles. The summed E-state index contributed by atoms with van der Waals surface area (Å²) in [6.07, 6.45) is 6.21. The molecule has 0 N–H and O–H groups in total. The van der Waals surface area contributed by atoms with E-state index in [0.717, 1.165) is 19.0 Å². The summed E-state index contributed by atoms with van der Waals surface area (Å²) in [7, 11) is 0. The lowest BCUT2D eigenvalue weighted by molar-refractivity contribution is 0.413. The topological polar surface area (TPSA) is 24.7 Å². The predicted octanol–water partition coefficient (Wildman–Crippen LogP) is 2.97. The molecule has 0 aromatic heterocycles. The molecule has 0 amide bonds. The predicted molar refractivity (Wildman–Crippen MR) is 61.1 cm³/mol. The second-order valence-corrected chi connectivity index (χ2v) is 3.48. The van der Waals surface area contributed by atoms with E-state index in [1.54, 1.807) is 0 Å². The Kier molecular flexibility index (Phi) is 8.95. The maximum absolute atomic E-state index is 3.90. The van der Waals surface area contributed by atoms with Crippen LogP contribution in [0.15, 0.2) is 9.98 Å². The van der Waals surface area contributed by atoms with E-state index in [1.165, 1.54) is 32.1 Å². The molecule has 0 aliphatic carbocycles. The van der Waals surface area contributed by atoms with Gasteiger partial charge in [-0.25, -0.2) is 0 Å². The molecule has 0 heterocycles. The van der Waals surface area contributed by atoms with Crippen LogP contribution in [0.2, 0.25) is 0 Å². The Hall–Kier alpha value is -0.660. The van der Waals surface area contributed by atoms with Gasteiger partial charge in [0.15, 0.2) is 0 Å². The van der Waals surface area contributed by atoms with Gasteiger partial charge in [0.05, 0.1) is 0 Å². The lowest BCUT2D eigenvalue weighted by Crippen LogP contribution is -2.03. The lowest BCUT2D eigenvalue weighted by Gasteiger charge is -2.13. The van der Waals surface area contributed by atoms with Gasteiger partial charge < -0.3 is 9.98 Å². The number of nitrogens with zero attached hydrogens (tertiary/aromatic N) is 2. The molecule has 0 aliphatic rings. The summed E-state index contributed by atoms with van der Waals surface area (Å²) in [5.41, 5.74) is 0. The molecule has 0 aliphatic heterocycles. The minimum absolute atomic E-state index is 0.817. The third-order valence-corrected chi connectivity index (χ3v) is 2.32. The number of aliphatic imine (C=N–C) groups is 2. The molecule has 1 unspecified atom stereocenters. The third-order valence-electron chi connectivity index (χ3n) is 2.32. The fourth-order valence-electron chi connectivity index (χ4n) is 1.61. The smallest absolute Gasteiger partial charge is 0.0384 e. The maximum Gasteiger partial charge on any atom is 0.0384 e. The Labute approximate surface area is 82.2 Å².